The third kappa shape index (κ3) is 3.62. The maximum absolute atomic E-state index is 13.3. The SMILES string of the molecule is COc1ccc(C=C2N=C(c3ccccc3)N(c3ccccc3OC)C2=O)cc1. The zero-order valence-electron chi connectivity index (χ0n) is 16.2. The van der Waals surface area contributed by atoms with Crippen molar-refractivity contribution in [2.45, 2.75) is 0 Å². The molecule has 1 aliphatic heterocycles. The third-order valence-electron chi connectivity index (χ3n) is 4.64. The van der Waals surface area contributed by atoms with Gasteiger partial charge < -0.3 is 9.47 Å². The van der Waals surface area contributed by atoms with Crippen molar-refractivity contribution >= 4 is 23.5 Å². The maximum atomic E-state index is 13.3. The summed E-state index contributed by atoms with van der Waals surface area (Å²) in [7, 11) is 3.21. The van der Waals surface area contributed by atoms with Gasteiger partial charge in [0.05, 0.1) is 19.9 Å². The largest absolute Gasteiger partial charge is 0.497 e. The average Bonchev–Trinajstić information content (AvgIpc) is 3.10. The molecule has 0 saturated carbocycles. The van der Waals surface area contributed by atoms with Gasteiger partial charge in [0.1, 0.15) is 23.0 Å². The lowest BCUT2D eigenvalue weighted by molar-refractivity contribution is -0.113. The molecule has 5 nitrogen and oxygen atoms in total. The molecule has 0 fully saturated rings. The van der Waals surface area contributed by atoms with Crippen molar-refractivity contribution in [3.63, 3.8) is 0 Å². The number of benzene rings is 3. The number of ether oxygens (including phenoxy) is 2. The van der Waals surface area contributed by atoms with Crippen LogP contribution in [-0.2, 0) is 4.79 Å². The van der Waals surface area contributed by atoms with Gasteiger partial charge in [-0.1, -0.05) is 54.6 Å². The zero-order chi connectivity index (χ0) is 20.2. The third-order valence-corrected chi connectivity index (χ3v) is 4.64. The van der Waals surface area contributed by atoms with Gasteiger partial charge in [-0.15, -0.1) is 0 Å². The summed E-state index contributed by atoms with van der Waals surface area (Å²) in [6.07, 6.45) is 1.78. The number of methoxy groups -OCH3 is 2. The van der Waals surface area contributed by atoms with Gasteiger partial charge in [0, 0.05) is 5.56 Å². The quantitative estimate of drug-likeness (QED) is 0.607. The van der Waals surface area contributed by atoms with Crippen LogP contribution >= 0.6 is 0 Å². The van der Waals surface area contributed by atoms with E-state index >= 15 is 0 Å². The van der Waals surface area contributed by atoms with Crippen molar-refractivity contribution in [2.24, 2.45) is 4.99 Å². The molecule has 29 heavy (non-hydrogen) atoms. The van der Waals surface area contributed by atoms with E-state index in [0.29, 0.717) is 23.0 Å². The monoisotopic (exact) mass is 384 g/mol. The second-order valence-corrected chi connectivity index (χ2v) is 6.42. The lowest BCUT2D eigenvalue weighted by atomic mass is 10.1. The fourth-order valence-corrected chi connectivity index (χ4v) is 3.19. The second-order valence-electron chi connectivity index (χ2n) is 6.42. The van der Waals surface area contributed by atoms with Crippen molar-refractivity contribution in [3.8, 4) is 11.5 Å². The van der Waals surface area contributed by atoms with Crippen LogP contribution in [0.25, 0.3) is 6.08 Å². The van der Waals surface area contributed by atoms with Crippen molar-refractivity contribution < 1.29 is 14.3 Å². The topological polar surface area (TPSA) is 51.1 Å². The van der Waals surface area contributed by atoms with Gasteiger partial charge in [-0.3, -0.25) is 9.69 Å². The second kappa shape index (κ2) is 8.02. The number of nitrogens with zero attached hydrogens (tertiary/aromatic N) is 2. The Morgan fingerprint density at radius 2 is 1.52 bits per heavy atom. The molecule has 0 radical (unpaired) electrons. The first kappa shape index (κ1) is 18.5. The predicted molar refractivity (Wildman–Crippen MR) is 114 cm³/mol. The fraction of sp³-hybridized carbons (Fsp3) is 0.0833. The van der Waals surface area contributed by atoms with Crippen molar-refractivity contribution in [3.05, 3.63) is 95.7 Å². The number of amidine groups is 1. The molecule has 5 heteroatoms. The van der Waals surface area contributed by atoms with E-state index < -0.39 is 0 Å². The van der Waals surface area contributed by atoms with Gasteiger partial charge in [-0.2, -0.15) is 0 Å². The van der Waals surface area contributed by atoms with Crippen LogP contribution in [0.15, 0.2) is 89.6 Å². The van der Waals surface area contributed by atoms with E-state index in [1.807, 2.05) is 78.9 Å². The summed E-state index contributed by atoms with van der Waals surface area (Å²) in [5, 5.41) is 0. The smallest absolute Gasteiger partial charge is 0.282 e. The molecule has 0 atom stereocenters. The molecule has 0 bridgehead atoms. The Morgan fingerprint density at radius 1 is 0.828 bits per heavy atom. The molecule has 0 N–H and O–H groups in total. The van der Waals surface area contributed by atoms with Crippen LogP contribution in [0, 0.1) is 0 Å². The summed E-state index contributed by atoms with van der Waals surface area (Å²) in [5.41, 5.74) is 2.73. The van der Waals surface area contributed by atoms with Gasteiger partial charge in [0.2, 0.25) is 0 Å². The summed E-state index contributed by atoms with van der Waals surface area (Å²) < 4.78 is 10.7. The summed E-state index contributed by atoms with van der Waals surface area (Å²) in [6.45, 7) is 0. The minimum absolute atomic E-state index is 0.204. The Labute approximate surface area is 169 Å². The van der Waals surface area contributed by atoms with E-state index in [4.69, 9.17) is 9.47 Å². The van der Waals surface area contributed by atoms with Crippen molar-refractivity contribution in [2.75, 3.05) is 19.1 Å². The predicted octanol–water partition coefficient (Wildman–Crippen LogP) is 4.54. The lowest BCUT2D eigenvalue weighted by Crippen LogP contribution is -2.33. The Morgan fingerprint density at radius 3 is 2.21 bits per heavy atom. The number of hydrogen-bond acceptors (Lipinski definition) is 4. The van der Waals surface area contributed by atoms with E-state index in [9.17, 15) is 4.79 Å². The first-order valence-corrected chi connectivity index (χ1v) is 9.18. The van der Waals surface area contributed by atoms with Crippen molar-refractivity contribution in [1.82, 2.24) is 0 Å². The van der Waals surface area contributed by atoms with Crippen LogP contribution in [0.3, 0.4) is 0 Å². The van der Waals surface area contributed by atoms with Crippen LogP contribution < -0.4 is 14.4 Å². The molecule has 0 aromatic heterocycles. The summed E-state index contributed by atoms with van der Waals surface area (Å²) in [5.74, 6) is 1.73. The van der Waals surface area contributed by atoms with Gasteiger partial charge in [-0.25, -0.2) is 4.99 Å². The standard InChI is InChI=1S/C24H20N2O3/c1-28-19-14-12-17(13-15-19)16-20-24(27)26(21-10-6-7-11-22(21)29-2)23(25-20)18-8-4-3-5-9-18/h3-16H,1-2H3. The van der Waals surface area contributed by atoms with Gasteiger partial charge >= 0.3 is 0 Å². The highest BCUT2D eigenvalue weighted by Crippen LogP contribution is 2.34. The number of aliphatic imine (C=N–C) groups is 1. The highest BCUT2D eigenvalue weighted by Gasteiger charge is 2.34. The van der Waals surface area contributed by atoms with E-state index in [1.165, 1.54) is 0 Å². The number of carbonyl (C=O) groups excluding carboxylic acids is 1. The molecule has 0 saturated heterocycles. The molecule has 1 amide bonds. The fourth-order valence-electron chi connectivity index (χ4n) is 3.19. The summed E-state index contributed by atoms with van der Waals surface area (Å²) in [4.78, 5) is 19.6. The highest BCUT2D eigenvalue weighted by molar-refractivity contribution is 6.33. The van der Waals surface area contributed by atoms with E-state index in [-0.39, 0.29) is 5.91 Å². The molecule has 3 aromatic rings. The number of amides is 1. The Hall–Kier alpha value is -3.86. The minimum Gasteiger partial charge on any atom is -0.497 e. The minimum atomic E-state index is -0.204. The molecule has 0 unspecified atom stereocenters. The summed E-state index contributed by atoms with van der Waals surface area (Å²) >= 11 is 0. The molecule has 3 aromatic carbocycles. The average molecular weight is 384 g/mol. The number of anilines is 1. The molecular weight excluding hydrogens is 364 g/mol. The molecule has 1 heterocycles. The Kier molecular flexibility index (Phi) is 5.12. The van der Waals surface area contributed by atoms with E-state index in [2.05, 4.69) is 4.99 Å². The van der Waals surface area contributed by atoms with Crippen LogP contribution in [0.1, 0.15) is 11.1 Å². The molecular formula is C24H20N2O3. The molecule has 0 spiro atoms. The molecule has 1 aliphatic rings. The van der Waals surface area contributed by atoms with E-state index in [0.717, 1.165) is 16.9 Å². The van der Waals surface area contributed by atoms with Crippen LogP contribution in [0.4, 0.5) is 5.69 Å². The highest BCUT2D eigenvalue weighted by atomic mass is 16.5. The van der Waals surface area contributed by atoms with Crippen molar-refractivity contribution in [1.29, 1.82) is 0 Å². The Bertz CT molecular complexity index is 1090. The van der Waals surface area contributed by atoms with Gasteiger partial charge in [0.25, 0.3) is 5.91 Å². The molecule has 144 valence electrons. The zero-order valence-corrected chi connectivity index (χ0v) is 16.2. The number of carbonyl (C=O) groups is 1. The van der Waals surface area contributed by atoms with Crippen LogP contribution in [0.2, 0.25) is 0 Å². The van der Waals surface area contributed by atoms with Gasteiger partial charge in [-0.05, 0) is 35.9 Å². The number of rotatable bonds is 5. The van der Waals surface area contributed by atoms with Gasteiger partial charge in [0.15, 0.2) is 0 Å². The maximum Gasteiger partial charge on any atom is 0.282 e. The molecule has 4 rings (SSSR count). The lowest BCUT2D eigenvalue weighted by Gasteiger charge is -2.20. The van der Waals surface area contributed by atoms with Crippen LogP contribution in [-0.4, -0.2) is 26.0 Å². The number of para-hydroxylation sites is 2. The van der Waals surface area contributed by atoms with E-state index in [1.54, 1.807) is 25.2 Å². The number of hydrogen-bond donors (Lipinski definition) is 0. The van der Waals surface area contributed by atoms with Crippen LogP contribution in [0.5, 0.6) is 11.5 Å². The Balaban J connectivity index is 1.81. The normalized spacial score (nSPS) is 14.8. The molecule has 0 aliphatic carbocycles. The summed E-state index contributed by atoms with van der Waals surface area (Å²) in [6, 6.07) is 24.6. The first-order chi connectivity index (χ1) is 14.2. The first-order valence-electron chi connectivity index (χ1n) is 9.18.